The van der Waals surface area contributed by atoms with E-state index in [-0.39, 0.29) is 5.91 Å². The van der Waals surface area contributed by atoms with Crippen LogP contribution in [-0.4, -0.2) is 49.6 Å². The molecular weight excluding hydrogens is 334 g/mol. The number of carbonyl (C=O) groups excluding carboxylic acids is 1. The third-order valence-corrected chi connectivity index (χ3v) is 5.87. The molecule has 138 valence electrons. The molecule has 1 aromatic carbocycles. The number of hydrogen-bond donors (Lipinski definition) is 1. The molecule has 0 spiro atoms. The predicted molar refractivity (Wildman–Crippen MR) is 104 cm³/mol. The lowest BCUT2D eigenvalue weighted by atomic mass is 9.87. The summed E-state index contributed by atoms with van der Waals surface area (Å²) in [5.41, 5.74) is 2.47. The quantitative estimate of drug-likeness (QED) is 0.889. The highest BCUT2D eigenvalue weighted by Gasteiger charge is 2.23. The Morgan fingerprint density at radius 1 is 1.16 bits per heavy atom. The van der Waals surface area contributed by atoms with Gasteiger partial charge in [0.05, 0.1) is 6.54 Å². The van der Waals surface area contributed by atoms with Crippen molar-refractivity contribution in [1.82, 2.24) is 10.2 Å². The summed E-state index contributed by atoms with van der Waals surface area (Å²) in [5.74, 6) is 1.00. The zero-order chi connectivity index (χ0) is 17.8. The lowest BCUT2D eigenvalue weighted by Crippen LogP contribution is -2.51. The number of anilines is 1. The van der Waals surface area contributed by atoms with Gasteiger partial charge in [-0.15, -0.1) is 0 Å². The van der Waals surface area contributed by atoms with Crippen LogP contribution in [0.3, 0.4) is 0 Å². The second-order valence-corrected chi connectivity index (χ2v) is 8.15. The van der Waals surface area contributed by atoms with E-state index in [0.29, 0.717) is 12.6 Å². The smallest absolute Gasteiger partial charge is 0.234 e. The Labute approximate surface area is 156 Å². The maximum absolute atomic E-state index is 12.3. The van der Waals surface area contributed by atoms with E-state index >= 15 is 0 Å². The fourth-order valence-electron chi connectivity index (χ4n) is 3.95. The number of nitrogens with one attached hydrogen (secondary N) is 1. The van der Waals surface area contributed by atoms with Gasteiger partial charge in [-0.05, 0) is 56.2 Å². The van der Waals surface area contributed by atoms with E-state index in [0.717, 1.165) is 50.0 Å². The van der Waals surface area contributed by atoms with Crippen LogP contribution in [0.1, 0.15) is 38.2 Å². The van der Waals surface area contributed by atoms with Gasteiger partial charge in [0.1, 0.15) is 0 Å². The van der Waals surface area contributed by atoms with Gasteiger partial charge in [-0.1, -0.05) is 24.6 Å². The first kappa shape index (κ1) is 18.5. The third kappa shape index (κ3) is 5.11. The normalized spacial score (nSPS) is 25.0. The number of benzene rings is 1. The molecule has 2 fully saturated rings. The van der Waals surface area contributed by atoms with Gasteiger partial charge in [-0.25, -0.2) is 0 Å². The summed E-state index contributed by atoms with van der Waals surface area (Å²) in [6, 6.07) is 6.44. The standard InChI is InChI=1S/C20H30ClN3O/c1-15-3-7-18(8-4-15)22-20(25)14-23-9-11-24(12-10-23)19-13-17(21)6-5-16(19)2/h5-6,13,15,18H,3-4,7-12,14H2,1-2H3,(H,22,25). The zero-order valence-corrected chi connectivity index (χ0v) is 16.2. The molecule has 4 nitrogen and oxygen atoms in total. The number of rotatable bonds is 4. The van der Waals surface area contributed by atoms with Gasteiger partial charge in [-0.2, -0.15) is 0 Å². The molecule has 2 aliphatic rings. The van der Waals surface area contributed by atoms with E-state index in [4.69, 9.17) is 11.6 Å². The molecule has 1 heterocycles. The van der Waals surface area contributed by atoms with Crippen molar-refractivity contribution in [2.75, 3.05) is 37.6 Å². The summed E-state index contributed by atoms with van der Waals surface area (Å²) >= 11 is 6.15. The fourth-order valence-corrected chi connectivity index (χ4v) is 4.12. The summed E-state index contributed by atoms with van der Waals surface area (Å²) in [4.78, 5) is 17.0. The second-order valence-electron chi connectivity index (χ2n) is 7.72. The molecule has 1 saturated carbocycles. The molecule has 25 heavy (non-hydrogen) atoms. The van der Waals surface area contributed by atoms with Gasteiger partial charge >= 0.3 is 0 Å². The van der Waals surface area contributed by atoms with E-state index in [1.165, 1.54) is 24.1 Å². The van der Waals surface area contributed by atoms with Gasteiger partial charge in [0.2, 0.25) is 5.91 Å². The molecule has 1 saturated heterocycles. The number of halogens is 1. The van der Waals surface area contributed by atoms with Crippen LogP contribution >= 0.6 is 11.6 Å². The molecule has 0 radical (unpaired) electrons. The fraction of sp³-hybridized carbons (Fsp3) is 0.650. The molecule has 3 rings (SSSR count). The lowest BCUT2D eigenvalue weighted by Gasteiger charge is -2.37. The highest BCUT2D eigenvalue weighted by Crippen LogP contribution is 2.25. The summed E-state index contributed by atoms with van der Waals surface area (Å²) in [7, 11) is 0. The highest BCUT2D eigenvalue weighted by atomic mass is 35.5. The minimum Gasteiger partial charge on any atom is -0.369 e. The van der Waals surface area contributed by atoms with E-state index in [1.54, 1.807) is 0 Å². The van der Waals surface area contributed by atoms with Crippen molar-refractivity contribution in [3.63, 3.8) is 0 Å². The van der Waals surface area contributed by atoms with Crippen LogP contribution in [0.4, 0.5) is 5.69 Å². The van der Waals surface area contributed by atoms with Crippen LogP contribution in [0.2, 0.25) is 5.02 Å². The maximum Gasteiger partial charge on any atom is 0.234 e. The molecule has 0 aromatic heterocycles. The molecule has 1 N–H and O–H groups in total. The number of aryl methyl sites for hydroxylation is 1. The van der Waals surface area contributed by atoms with Crippen LogP contribution < -0.4 is 10.2 Å². The first-order valence-electron chi connectivity index (χ1n) is 9.54. The van der Waals surface area contributed by atoms with E-state index in [1.807, 2.05) is 12.1 Å². The van der Waals surface area contributed by atoms with Crippen LogP contribution in [0.25, 0.3) is 0 Å². The van der Waals surface area contributed by atoms with Crippen molar-refractivity contribution in [1.29, 1.82) is 0 Å². The molecule has 1 amide bonds. The second kappa shape index (κ2) is 8.41. The Balaban J connectivity index is 1.44. The number of piperazine rings is 1. The molecule has 1 aliphatic heterocycles. The Kier molecular flexibility index (Phi) is 6.24. The lowest BCUT2D eigenvalue weighted by molar-refractivity contribution is -0.123. The summed E-state index contributed by atoms with van der Waals surface area (Å²) < 4.78 is 0. The third-order valence-electron chi connectivity index (χ3n) is 5.63. The number of nitrogens with zero attached hydrogens (tertiary/aromatic N) is 2. The molecule has 0 atom stereocenters. The molecule has 0 unspecified atom stereocenters. The summed E-state index contributed by atoms with van der Waals surface area (Å²) in [5, 5.41) is 4.02. The van der Waals surface area contributed by atoms with Gasteiger partial charge in [-0.3, -0.25) is 9.69 Å². The maximum atomic E-state index is 12.3. The van der Waals surface area contributed by atoms with E-state index in [9.17, 15) is 4.79 Å². The first-order valence-corrected chi connectivity index (χ1v) is 9.92. The van der Waals surface area contributed by atoms with Crippen molar-refractivity contribution >= 4 is 23.2 Å². The molecule has 1 aromatic rings. The Bertz CT molecular complexity index is 591. The van der Waals surface area contributed by atoms with E-state index < -0.39 is 0 Å². The molecule has 0 bridgehead atoms. The van der Waals surface area contributed by atoms with Crippen molar-refractivity contribution in [2.45, 2.75) is 45.6 Å². The average molecular weight is 364 g/mol. The largest absolute Gasteiger partial charge is 0.369 e. The minimum atomic E-state index is 0.187. The van der Waals surface area contributed by atoms with Crippen LogP contribution in [0, 0.1) is 12.8 Å². The Hall–Kier alpha value is -1.26. The number of hydrogen-bond acceptors (Lipinski definition) is 3. The zero-order valence-electron chi connectivity index (χ0n) is 15.4. The average Bonchev–Trinajstić information content (AvgIpc) is 2.60. The van der Waals surface area contributed by atoms with Crippen molar-refractivity contribution in [3.05, 3.63) is 28.8 Å². The highest BCUT2D eigenvalue weighted by molar-refractivity contribution is 6.30. The van der Waals surface area contributed by atoms with Crippen LogP contribution in [-0.2, 0) is 4.79 Å². The predicted octanol–water partition coefficient (Wildman–Crippen LogP) is 3.47. The van der Waals surface area contributed by atoms with Gasteiger partial charge in [0.25, 0.3) is 0 Å². The van der Waals surface area contributed by atoms with Crippen molar-refractivity contribution in [3.8, 4) is 0 Å². The first-order chi connectivity index (χ1) is 12.0. The molecular formula is C20H30ClN3O. The molecule has 1 aliphatic carbocycles. The Morgan fingerprint density at radius 2 is 1.84 bits per heavy atom. The van der Waals surface area contributed by atoms with Gasteiger partial charge < -0.3 is 10.2 Å². The molecule has 5 heteroatoms. The summed E-state index contributed by atoms with van der Waals surface area (Å²) in [6.07, 6.45) is 4.74. The van der Waals surface area contributed by atoms with Crippen molar-refractivity contribution in [2.24, 2.45) is 5.92 Å². The SMILES string of the molecule is Cc1ccc(Cl)cc1N1CCN(CC(=O)NC2CCC(C)CC2)CC1. The monoisotopic (exact) mass is 363 g/mol. The topological polar surface area (TPSA) is 35.6 Å². The van der Waals surface area contributed by atoms with Gasteiger partial charge in [0, 0.05) is 42.9 Å². The number of carbonyl (C=O) groups is 1. The Morgan fingerprint density at radius 3 is 2.52 bits per heavy atom. The van der Waals surface area contributed by atoms with Crippen molar-refractivity contribution < 1.29 is 4.79 Å². The van der Waals surface area contributed by atoms with Crippen LogP contribution in [0.5, 0.6) is 0 Å². The summed E-state index contributed by atoms with van der Waals surface area (Å²) in [6.45, 7) is 8.66. The van der Waals surface area contributed by atoms with E-state index in [2.05, 4.69) is 35.0 Å². The van der Waals surface area contributed by atoms with Crippen LogP contribution in [0.15, 0.2) is 18.2 Å². The number of amides is 1. The minimum absolute atomic E-state index is 0.187. The van der Waals surface area contributed by atoms with Gasteiger partial charge in [0.15, 0.2) is 0 Å².